The van der Waals surface area contributed by atoms with E-state index in [0.717, 1.165) is 6.92 Å². The van der Waals surface area contributed by atoms with Crippen molar-refractivity contribution >= 4 is 0 Å². The Kier molecular flexibility index (Phi) is 24.4. The number of aliphatic hydroxyl groups excluding tert-OH is 22. The minimum absolute atomic E-state index is 0.858. The zero-order valence-corrected chi connectivity index (χ0v) is 41.7. The second kappa shape index (κ2) is 28.9. The summed E-state index contributed by atoms with van der Waals surface area (Å²) in [6, 6.07) is 0. The molecular weight excluding hydrogens is 1080 g/mol. The Labute approximate surface area is 442 Å². The molecule has 10 bridgehead atoms. The fourth-order valence-electron chi connectivity index (χ4n) is 9.64. The average molecular weight is 1150 g/mol. The monoisotopic (exact) mass is 1150 g/mol. The van der Waals surface area contributed by atoms with Crippen molar-refractivity contribution in [2.75, 3.05) is 46.2 Å². The lowest BCUT2D eigenvalue weighted by molar-refractivity contribution is -0.431. The summed E-state index contributed by atoms with van der Waals surface area (Å²) in [5.41, 5.74) is 0. The molecule has 13 aliphatic rings. The van der Waals surface area contributed by atoms with Crippen molar-refractivity contribution in [3.63, 3.8) is 0 Å². The zero-order valence-electron chi connectivity index (χ0n) is 41.7. The molecule has 0 radical (unpaired) electrons. The van der Waals surface area contributed by atoms with E-state index in [2.05, 4.69) is 0 Å². The first kappa shape index (κ1) is 65.7. The van der Waals surface area contributed by atoms with E-state index < -0.39 is 255 Å². The second-order valence-electron chi connectivity index (χ2n) is 19.8. The molecule has 0 aromatic heterocycles. The third kappa shape index (κ3) is 14.0. The van der Waals surface area contributed by atoms with Crippen LogP contribution in [0.4, 0.5) is 0 Å². The van der Waals surface area contributed by atoms with Crippen LogP contribution in [0.2, 0.25) is 0 Å². The molecule has 13 rings (SSSR count). The Balaban J connectivity index is 1.33. The predicted molar refractivity (Wildman–Crippen MR) is 237 cm³/mol. The van der Waals surface area contributed by atoms with Gasteiger partial charge >= 0.3 is 0 Å². The lowest BCUT2D eigenvalue weighted by atomic mass is 9.94. The van der Waals surface area contributed by atoms with Gasteiger partial charge in [0.2, 0.25) is 0 Å². The summed E-state index contributed by atoms with van der Waals surface area (Å²) in [5, 5.41) is 240. The van der Waals surface area contributed by atoms with Crippen LogP contribution >= 0.6 is 0 Å². The van der Waals surface area contributed by atoms with Gasteiger partial charge in [-0.3, -0.25) is 0 Å². The van der Waals surface area contributed by atoms with Crippen LogP contribution in [-0.4, -0.2) is 361 Å². The number of fused-ring (bicyclic) bond motifs is 1. The van der Waals surface area contributed by atoms with Gasteiger partial charge in [0.1, 0.15) is 153 Å². The van der Waals surface area contributed by atoms with E-state index in [1.54, 1.807) is 0 Å². The van der Waals surface area contributed by atoms with Gasteiger partial charge in [-0.15, -0.1) is 0 Å². The summed E-state index contributed by atoms with van der Waals surface area (Å²) in [7, 11) is 0. The van der Waals surface area contributed by atoms with Crippen LogP contribution in [-0.2, 0) is 61.9 Å². The van der Waals surface area contributed by atoms with Crippen LogP contribution in [0.3, 0.4) is 0 Å². The molecule has 0 aromatic rings. The summed E-state index contributed by atoms with van der Waals surface area (Å²) in [5.74, 6) is -1.28. The highest BCUT2D eigenvalue weighted by molar-refractivity contribution is 5.00. The molecule has 13 saturated heterocycles. The van der Waals surface area contributed by atoms with Crippen LogP contribution in [0.1, 0.15) is 13.8 Å². The minimum atomic E-state index is -2.68. The maximum absolute atomic E-state index is 11.4. The molecule has 13 fully saturated rings. The van der Waals surface area contributed by atoms with Crippen molar-refractivity contribution in [1.82, 2.24) is 0 Å². The first-order valence-electron chi connectivity index (χ1n) is 24.9. The number of hydrogen-bond donors (Lipinski definition) is 22. The van der Waals surface area contributed by atoms with E-state index in [1.165, 1.54) is 6.92 Å². The molecular formula is C43H76O35. The van der Waals surface area contributed by atoms with Gasteiger partial charge in [-0.2, -0.15) is 0 Å². The van der Waals surface area contributed by atoms with Gasteiger partial charge in [0.15, 0.2) is 37.7 Å². The Bertz CT molecular complexity index is 1760. The van der Waals surface area contributed by atoms with Gasteiger partial charge < -0.3 is 164 Å². The number of hydrogen-bond acceptors (Lipinski definition) is 35. The van der Waals surface area contributed by atoms with Crippen LogP contribution in [0.5, 0.6) is 0 Å². The highest BCUT2D eigenvalue weighted by Gasteiger charge is 2.57. The standard InChI is InChI=1S/C43H76O35/c1-10(3-44)31-19(53)25(59)38(65)71-36(18(52)11(2)51)17(9-50)77-78-37-16(8-49)70-43(30(64)24(37)58)76-35-15(7-48)69-42(29(63)23(35)57)75-34-14(6-47)68-41(28(62)22(34)56)74-33-13(5-46)67-40(27(61)21(33)55)73-32-12(4-45)66-39(72-31)26(60)20(32)54/h10-65H,3-9H2,1-2H3/t10?,11?,12?,13?,14?,15?,16?,17?,18-,19?,20?,21?,22?,23?,24?,25?,26?,27?,28?,29?,30?,31?,32?,33?,34?,35?,36?,37?,38?,39?,40?,41?,42?,43?/m1/s1. The van der Waals surface area contributed by atoms with Gasteiger partial charge in [0, 0.05) is 12.5 Å². The molecule has 0 amide bonds. The highest BCUT2D eigenvalue weighted by atomic mass is 17.2. The zero-order chi connectivity index (χ0) is 57.8. The maximum atomic E-state index is 11.4. The normalized spacial score (nSPS) is 51.0. The molecule has 33 unspecified atom stereocenters. The molecule has 13 aliphatic heterocycles. The third-order valence-electron chi connectivity index (χ3n) is 14.4. The van der Waals surface area contributed by atoms with Crippen LogP contribution in [0.15, 0.2) is 0 Å². The van der Waals surface area contributed by atoms with Crippen molar-refractivity contribution in [2.45, 2.75) is 216 Å². The summed E-state index contributed by atoms with van der Waals surface area (Å²) in [4.78, 5) is 10.5. The largest absolute Gasteiger partial charge is 0.396 e. The molecule has 13 heterocycles. The molecule has 35 nitrogen and oxygen atoms in total. The Hall–Kier alpha value is -1.40. The first-order valence-corrected chi connectivity index (χ1v) is 24.9. The van der Waals surface area contributed by atoms with Crippen molar-refractivity contribution in [3.05, 3.63) is 0 Å². The van der Waals surface area contributed by atoms with Gasteiger partial charge in [0.25, 0.3) is 0 Å². The second-order valence-corrected chi connectivity index (χ2v) is 19.8. The smallest absolute Gasteiger partial charge is 0.187 e. The van der Waals surface area contributed by atoms with Gasteiger partial charge in [-0.05, 0) is 6.92 Å². The molecule has 0 spiro atoms. The molecule has 34 atom stereocenters. The lowest BCUT2D eigenvalue weighted by Crippen LogP contribution is -2.68. The van der Waals surface area contributed by atoms with Crippen LogP contribution in [0, 0.1) is 5.92 Å². The molecule has 458 valence electrons. The van der Waals surface area contributed by atoms with Gasteiger partial charge in [-0.1, -0.05) is 6.92 Å². The first-order chi connectivity index (χ1) is 36.9. The average Bonchev–Trinajstić information content (AvgIpc) is 3.46. The van der Waals surface area contributed by atoms with Gasteiger partial charge in [0.05, 0.1) is 51.8 Å². The lowest BCUT2D eigenvalue weighted by Gasteiger charge is -2.49. The van der Waals surface area contributed by atoms with E-state index in [9.17, 15) is 112 Å². The van der Waals surface area contributed by atoms with E-state index in [4.69, 9.17) is 61.9 Å². The van der Waals surface area contributed by atoms with Crippen LogP contribution in [0.25, 0.3) is 0 Å². The third-order valence-corrected chi connectivity index (χ3v) is 14.4. The number of ether oxygens (including phenoxy) is 11. The van der Waals surface area contributed by atoms with E-state index in [-0.39, 0.29) is 0 Å². The molecule has 22 N–H and O–H groups in total. The fourth-order valence-corrected chi connectivity index (χ4v) is 9.64. The molecule has 0 aromatic carbocycles. The van der Waals surface area contributed by atoms with Crippen molar-refractivity contribution in [1.29, 1.82) is 0 Å². The van der Waals surface area contributed by atoms with Crippen molar-refractivity contribution in [3.8, 4) is 0 Å². The quantitative estimate of drug-likeness (QED) is 0.0903. The summed E-state index contributed by atoms with van der Waals surface area (Å²) < 4.78 is 62.0. The molecule has 0 saturated carbocycles. The maximum Gasteiger partial charge on any atom is 0.187 e. The Morgan fingerprint density at radius 1 is 0.295 bits per heavy atom. The SMILES string of the molecule is CC(CO)C1OC2OC(CO)C(OC3OC(CO)C(OC4OC(CO)C(OC5OC(CO)C(OC6OC(CO)C(OOC(CO)C([C@H](O)C(C)O)OC(O)C(O)C1O)C(O)C6O)C(O)C5O)C(O)C4O)C(O)C3O)C(O)C2O. The van der Waals surface area contributed by atoms with Crippen molar-refractivity contribution in [2.24, 2.45) is 5.92 Å². The Morgan fingerprint density at radius 2 is 0.590 bits per heavy atom. The van der Waals surface area contributed by atoms with Crippen LogP contribution < -0.4 is 0 Å². The topological polar surface area (TPSA) is 565 Å². The van der Waals surface area contributed by atoms with Gasteiger partial charge in [-0.25, -0.2) is 9.78 Å². The molecule has 78 heavy (non-hydrogen) atoms. The molecule has 35 heteroatoms. The predicted octanol–water partition coefficient (Wildman–Crippen LogP) is -14.4. The molecule has 0 aliphatic carbocycles. The fraction of sp³-hybridized carbons (Fsp3) is 1.00. The highest BCUT2D eigenvalue weighted by Crippen LogP contribution is 2.37. The summed E-state index contributed by atoms with van der Waals surface area (Å²) >= 11 is 0. The van der Waals surface area contributed by atoms with Crippen molar-refractivity contribution < 1.29 is 174 Å². The number of aliphatic hydroxyl groups is 22. The van der Waals surface area contributed by atoms with E-state index in [1.807, 2.05) is 0 Å². The van der Waals surface area contributed by atoms with E-state index in [0.29, 0.717) is 0 Å². The number of rotatable bonds is 10. The Morgan fingerprint density at radius 3 is 0.885 bits per heavy atom. The summed E-state index contributed by atoms with van der Waals surface area (Å²) in [6.45, 7) is -5.22. The van der Waals surface area contributed by atoms with E-state index >= 15 is 0 Å². The minimum Gasteiger partial charge on any atom is -0.396 e. The summed E-state index contributed by atoms with van der Waals surface area (Å²) in [6.07, 6.45) is -68.7.